The molecule has 1 fully saturated rings. The average molecular weight is 347 g/mol. The number of rotatable bonds is 9. The lowest BCUT2D eigenvalue weighted by Crippen LogP contribution is -2.64. The van der Waals surface area contributed by atoms with Crippen molar-refractivity contribution in [1.29, 1.82) is 0 Å². The average Bonchev–Trinajstić information content (AvgIpc) is 2.52. The number of nitrogens with one attached hydrogen (secondary N) is 1. The number of Topliss-reactive ketones (excluding diaryl/α,β-unsaturated/α-hetero) is 1. The number of aliphatic hydroxyl groups is 3. The summed E-state index contributed by atoms with van der Waals surface area (Å²) in [4.78, 5) is 22.8. The number of amides is 1. The summed E-state index contributed by atoms with van der Waals surface area (Å²) in [6.07, 6.45) is -2.84. The first-order valence-electron chi connectivity index (χ1n) is 8.31. The molecule has 0 radical (unpaired) electrons. The van der Waals surface area contributed by atoms with E-state index in [0.717, 1.165) is 0 Å². The highest BCUT2D eigenvalue weighted by Crippen LogP contribution is 2.22. The first-order chi connectivity index (χ1) is 11.3. The summed E-state index contributed by atoms with van der Waals surface area (Å²) in [5.41, 5.74) is 0. The van der Waals surface area contributed by atoms with Crippen molar-refractivity contribution in [3.8, 4) is 0 Å². The lowest BCUT2D eigenvalue weighted by Gasteiger charge is -2.42. The Bertz CT molecular complexity index is 415. The Morgan fingerprint density at radius 3 is 2.42 bits per heavy atom. The van der Waals surface area contributed by atoms with Gasteiger partial charge in [-0.3, -0.25) is 9.59 Å². The van der Waals surface area contributed by atoms with Crippen LogP contribution in [-0.2, 0) is 19.1 Å². The Labute approximate surface area is 142 Å². The highest BCUT2D eigenvalue weighted by molar-refractivity contribution is 5.80. The van der Waals surface area contributed by atoms with Crippen molar-refractivity contribution in [2.75, 3.05) is 13.2 Å². The Hall–Kier alpha value is -1.06. The van der Waals surface area contributed by atoms with Crippen molar-refractivity contribution < 1.29 is 34.4 Å². The van der Waals surface area contributed by atoms with E-state index in [4.69, 9.17) is 9.47 Å². The monoisotopic (exact) mass is 347 g/mol. The molecule has 1 amide bonds. The van der Waals surface area contributed by atoms with E-state index in [1.165, 1.54) is 6.92 Å². The third-order valence-electron chi connectivity index (χ3n) is 3.99. The quantitative estimate of drug-likeness (QED) is 0.408. The third-order valence-corrected chi connectivity index (χ3v) is 3.99. The maximum absolute atomic E-state index is 11.5. The van der Waals surface area contributed by atoms with Crippen LogP contribution in [0.15, 0.2) is 0 Å². The summed E-state index contributed by atoms with van der Waals surface area (Å²) in [7, 11) is 0. The minimum Gasteiger partial charge on any atom is -0.394 e. The first kappa shape index (κ1) is 21.0. The number of hydrogen-bond donors (Lipinski definition) is 4. The van der Waals surface area contributed by atoms with Gasteiger partial charge < -0.3 is 30.1 Å². The Balaban J connectivity index is 2.51. The summed E-state index contributed by atoms with van der Waals surface area (Å²) in [5.74, 6) is -0.189. The van der Waals surface area contributed by atoms with Gasteiger partial charge in [0, 0.05) is 25.9 Å². The molecule has 24 heavy (non-hydrogen) atoms. The van der Waals surface area contributed by atoms with Gasteiger partial charge in [0.05, 0.1) is 6.61 Å². The second-order valence-corrected chi connectivity index (χ2v) is 6.38. The van der Waals surface area contributed by atoms with Gasteiger partial charge in [0.2, 0.25) is 5.91 Å². The smallest absolute Gasteiger partial charge is 0.217 e. The van der Waals surface area contributed by atoms with E-state index in [9.17, 15) is 24.9 Å². The molecule has 0 aliphatic carbocycles. The lowest BCUT2D eigenvalue weighted by molar-refractivity contribution is -0.270. The molecule has 1 rings (SSSR count). The fraction of sp³-hybridized carbons (Fsp3) is 0.875. The van der Waals surface area contributed by atoms with Crippen LogP contribution >= 0.6 is 0 Å². The van der Waals surface area contributed by atoms with Gasteiger partial charge >= 0.3 is 0 Å². The van der Waals surface area contributed by atoms with Gasteiger partial charge in [-0.25, -0.2) is 0 Å². The van der Waals surface area contributed by atoms with Gasteiger partial charge in [0.1, 0.15) is 30.1 Å². The number of ether oxygens (including phenoxy) is 2. The van der Waals surface area contributed by atoms with Crippen molar-refractivity contribution in [2.45, 2.75) is 70.7 Å². The van der Waals surface area contributed by atoms with E-state index in [1.807, 2.05) is 13.8 Å². The fourth-order valence-corrected chi connectivity index (χ4v) is 2.50. The van der Waals surface area contributed by atoms with Crippen molar-refractivity contribution in [3.05, 3.63) is 0 Å². The molecule has 0 aromatic carbocycles. The molecule has 8 nitrogen and oxygen atoms in total. The molecular formula is C16H29NO7. The third kappa shape index (κ3) is 6.10. The minimum absolute atomic E-state index is 0.0127. The van der Waals surface area contributed by atoms with Gasteiger partial charge in [0.15, 0.2) is 6.29 Å². The summed E-state index contributed by atoms with van der Waals surface area (Å²) >= 11 is 0. The van der Waals surface area contributed by atoms with Gasteiger partial charge in [-0.1, -0.05) is 13.8 Å². The molecule has 1 aliphatic rings. The zero-order valence-corrected chi connectivity index (χ0v) is 14.5. The second kappa shape index (κ2) is 10.0. The lowest BCUT2D eigenvalue weighted by atomic mass is 9.97. The zero-order valence-electron chi connectivity index (χ0n) is 14.5. The predicted molar refractivity (Wildman–Crippen MR) is 85.0 cm³/mol. The topological polar surface area (TPSA) is 125 Å². The Morgan fingerprint density at radius 2 is 1.88 bits per heavy atom. The highest BCUT2D eigenvalue weighted by Gasteiger charge is 2.45. The molecule has 140 valence electrons. The van der Waals surface area contributed by atoms with Crippen molar-refractivity contribution in [2.24, 2.45) is 5.92 Å². The van der Waals surface area contributed by atoms with Crippen molar-refractivity contribution >= 4 is 11.7 Å². The van der Waals surface area contributed by atoms with E-state index in [0.29, 0.717) is 19.3 Å². The highest BCUT2D eigenvalue weighted by atomic mass is 16.7. The summed E-state index contributed by atoms with van der Waals surface area (Å²) in [6, 6.07) is -0.933. The summed E-state index contributed by atoms with van der Waals surface area (Å²) in [6.45, 7) is 4.79. The van der Waals surface area contributed by atoms with Crippen LogP contribution in [0.4, 0.5) is 0 Å². The van der Waals surface area contributed by atoms with Crippen LogP contribution in [0.3, 0.4) is 0 Å². The Kier molecular flexibility index (Phi) is 8.79. The zero-order chi connectivity index (χ0) is 18.3. The molecule has 0 spiro atoms. The molecule has 1 saturated heterocycles. The number of carbonyl (C=O) groups is 2. The summed E-state index contributed by atoms with van der Waals surface area (Å²) in [5, 5.41) is 31.7. The number of carbonyl (C=O) groups excluding carboxylic acids is 2. The predicted octanol–water partition coefficient (Wildman–Crippen LogP) is -0.658. The SMILES string of the molecule is CC(=O)NC1C(OCCCCC(=O)C(C)C)OC(CO)C(O)C1O. The van der Waals surface area contributed by atoms with E-state index in [2.05, 4.69) is 5.32 Å². The van der Waals surface area contributed by atoms with Gasteiger partial charge in [-0.2, -0.15) is 0 Å². The Morgan fingerprint density at radius 1 is 1.21 bits per heavy atom. The molecule has 0 aromatic rings. The van der Waals surface area contributed by atoms with E-state index < -0.39 is 43.2 Å². The van der Waals surface area contributed by atoms with Gasteiger partial charge in [-0.15, -0.1) is 0 Å². The van der Waals surface area contributed by atoms with Crippen LogP contribution in [0.25, 0.3) is 0 Å². The van der Waals surface area contributed by atoms with Crippen LogP contribution in [-0.4, -0.2) is 70.9 Å². The van der Waals surface area contributed by atoms with Crippen LogP contribution in [0.2, 0.25) is 0 Å². The number of hydrogen-bond acceptors (Lipinski definition) is 7. The molecule has 5 atom stereocenters. The number of unbranched alkanes of at least 4 members (excludes halogenated alkanes) is 1. The van der Waals surface area contributed by atoms with Crippen molar-refractivity contribution in [3.63, 3.8) is 0 Å². The maximum Gasteiger partial charge on any atom is 0.217 e. The van der Waals surface area contributed by atoms with E-state index in [-0.39, 0.29) is 18.3 Å². The van der Waals surface area contributed by atoms with Crippen LogP contribution in [0.5, 0.6) is 0 Å². The molecule has 1 aliphatic heterocycles. The maximum atomic E-state index is 11.5. The van der Waals surface area contributed by atoms with E-state index in [1.54, 1.807) is 0 Å². The number of ketones is 1. The number of aliphatic hydroxyl groups excluding tert-OH is 3. The second-order valence-electron chi connectivity index (χ2n) is 6.38. The first-order valence-corrected chi connectivity index (χ1v) is 8.31. The molecular weight excluding hydrogens is 318 g/mol. The van der Waals surface area contributed by atoms with Gasteiger partial charge in [0.25, 0.3) is 0 Å². The molecule has 4 N–H and O–H groups in total. The normalized spacial score (nSPS) is 30.4. The molecule has 5 unspecified atom stereocenters. The van der Waals surface area contributed by atoms with Crippen LogP contribution in [0, 0.1) is 5.92 Å². The standard InChI is InChI=1S/C16H29NO7/c1-9(2)11(20)6-4-5-7-23-16-13(17-10(3)19)15(22)14(21)12(8-18)24-16/h9,12-16,18,21-22H,4-8H2,1-3H3,(H,17,19). The molecule has 1 heterocycles. The molecule has 0 bridgehead atoms. The minimum atomic E-state index is -1.32. The largest absolute Gasteiger partial charge is 0.394 e. The molecule has 0 saturated carbocycles. The van der Waals surface area contributed by atoms with Gasteiger partial charge in [-0.05, 0) is 12.8 Å². The molecule has 0 aromatic heterocycles. The summed E-state index contributed by atoms with van der Waals surface area (Å²) < 4.78 is 11.0. The van der Waals surface area contributed by atoms with Crippen LogP contribution < -0.4 is 5.32 Å². The fourth-order valence-electron chi connectivity index (χ4n) is 2.50. The van der Waals surface area contributed by atoms with E-state index >= 15 is 0 Å². The molecule has 8 heteroatoms. The van der Waals surface area contributed by atoms with Crippen LogP contribution in [0.1, 0.15) is 40.0 Å². The van der Waals surface area contributed by atoms with Crippen molar-refractivity contribution in [1.82, 2.24) is 5.32 Å².